The second-order valence-corrected chi connectivity index (χ2v) is 5.44. The Labute approximate surface area is 125 Å². The van der Waals surface area contributed by atoms with Crippen LogP contribution in [0.5, 0.6) is 0 Å². The number of hydrogen-bond acceptors (Lipinski definition) is 3. The summed E-state index contributed by atoms with van der Waals surface area (Å²) >= 11 is 0. The number of carbonyl (C=O) groups excluding carboxylic acids is 1. The van der Waals surface area contributed by atoms with Crippen LogP contribution in [0.15, 0.2) is 24.3 Å². The van der Waals surface area contributed by atoms with Crippen LogP contribution < -0.4 is 5.32 Å². The Morgan fingerprint density at radius 3 is 2.62 bits per heavy atom. The molecule has 0 bridgehead atoms. The molecule has 21 heavy (non-hydrogen) atoms. The Bertz CT molecular complexity index is 665. The third kappa shape index (κ3) is 3.05. The van der Waals surface area contributed by atoms with E-state index in [-0.39, 0.29) is 11.9 Å². The van der Waals surface area contributed by atoms with E-state index in [9.17, 15) is 9.90 Å². The summed E-state index contributed by atoms with van der Waals surface area (Å²) in [7, 11) is 0. The molecule has 0 fully saturated rings. The van der Waals surface area contributed by atoms with E-state index in [1.807, 2.05) is 45.0 Å². The fourth-order valence-electron chi connectivity index (χ4n) is 2.67. The minimum absolute atomic E-state index is 0.170. The van der Waals surface area contributed by atoms with Crippen molar-refractivity contribution in [2.24, 2.45) is 0 Å². The number of para-hydroxylation sites is 1. The number of fused-ring (bicyclic) bond motifs is 1. The lowest BCUT2D eigenvalue weighted by Gasteiger charge is -2.21. The fraction of sp³-hybridized carbons (Fsp3) is 0.412. The monoisotopic (exact) mass is 286 g/mol. The minimum Gasteiger partial charge on any atom is -0.391 e. The van der Waals surface area contributed by atoms with Crippen LogP contribution in [0.3, 0.4) is 0 Å². The molecule has 0 saturated heterocycles. The number of rotatable bonds is 4. The molecule has 2 N–H and O–H groups in total. The summed E-state index contributed by atoms with van der Waals surface area (Å²) in [5.74, 6) is -0.170. The normalized spacial score (nSPS) is 14.0. The van der Waals surface area contributed by atoms with Crippen LogP contribution in [0.25, 0.3) is 10.9 Å². The van der Waals surface area contributed by atoms with E-state index >= 15 is 0 Å². The minimum atomic E-state index is -0.576. The van der Waals surface area contributed by atoms with E-state index in [1.54, 1.807) is 6.92 Å². The molecule has 0 aliphatic rings. The number of aliphatic hydroxyl groups is 1. The highest BCUT2D eigenvalue weighted by molar-refractivity contribution is 6.01. The maximum atomic E-state index is 12.5. The highest BCUT2D eigenvalue weighted by Gasteiger charge is 2.21. The standard InChI is InChI=1S/C17H22N2O2/c1-5-14(12(4)20)19-17(21)16-10(2)13-8-6-7-9-15(13)18-11(16)3/h6-9,12,14,20H,5H2,1-4H3,(H,19,21). The number of nitrogens with zero attached hydrogens (tertiary/aromatic N) is 1. The fourth-order valence-corrected chi connectivity index (χ4v) is 2.67. The van der Waals surface area contributed by atoms with E-state index < -0.39 is 6.10 Å². The zero-order valence-corrected chi connectivity index (χ0v) is 13.0. The first-order chi connectivity index (χ1) is 9.95. The first-order valence-electron chi connectivity index (χ1n) is 7.30. The van der Waals surface area contributed by atoms with Crippen LogP contribution >= 0.6 is 0 Å². The van der Waals surface area contributed by atoms with Crippen molar-refractivity contribution in [1.29, 1.82) is 0 Å². The molecule has 4 heteroatoms. The Kier molecular flexibility index (Phi) is 4.58. The van der Waals surface area contributed by atoms with Gasteiger partial charge in [-0.1, -0.05) is 25.1 Å². The average molecular weight is 286 g/mol. The molecule has 1 aromatic heterocycles. The summed E-state index contributed by atoms with van der Waals surface area (Å²) in [5.41, 5.74) is 3.14. The Hall–Kier alpha value is -1.94. The number of hydrogen-bond donors (Lipinski definition) is 2. The highest BCUT2D eigenvalue weighted by Crippen LogP contribution is 2.22. The number of amides is 1. The van der Waals surface area contributed by atoms with Gasteiger partial charge in [-0.05, 0) is 38.8 Å². The van der Waals surface area contributed by atoms with Crippen molar-refractivity contribution in [3.63, 3.8) is 0 Å². The van der Waals surface area contributed by atoms with E-state index in [4.69, 9.17) is 0 Å². The van der Waals surface area contributed by atoms with E-state index in [2.05, 4.69) is 10.3 Å². The molecule has 1 heterocycles. The molecule has 1 amide bonds. The lowest BCUT2D eigenvalue weighted by Crippen LogP contribution is -2.42. The van der Waals surface area contributed by atoms with Crippen LogP contribution in [0.2, 0.25) is 0 Å². The van der Waals surface area contributed by atoms with E-state index in [1.165, 1.54) is 0 Å². The van der Waals surface area contributed by atoms with Crippen molar-refractivity contribution in [1.82, 2.24) is 10.3 Å². The van der Waals surface area contributed by atoms with Gasteiger partial charge in [0.25, 0.3) is 5.91 Å². The van der Waals surface area contributed by atoms with Crippen LogP contribution in [-0.2, 0) is 0 Å². The molecule has 0 aliphatic heterocycles. The van der Waals surface area contributed by atoms with Gasteiger partial charge in [-0.2, -0.15) is 0 Å². The molecule has 0 saturated carbocycles. The number of nitrogens with one attached hydrogen (secondary N) is 1. The number of benzene rings is 1. The Morgan fingerprint density at radius 2 is 2.00 bits per heavy atom. The SMILES string of the molecule is CCC(NC(=O)c1c(C)nc2ccccc2c1C)C(C)O. The molecule has 2 unspecified atom stereocenters. The Morgan fingerprint density at radius 1 is 1.33 bits per heavy atom. The third-order valence-electron chi connectivity index (χ3n) is 3.90. The van der Waals surface area contributed by atoms with Gasteiger partial charge in [0.2, 0.25) is 0 Å². The van der Waals surface area contributed by atoms with Gasteiger partial charge in [0, 0.05) is 5.39 Å². The predicted octanol–water partition coefficient (Wildman–Crippen LogP) is 2.74. The smallest absolute Gasteiger partial charge is 0.253 e. The molecule has 1 aromatic carbocycles. The summed E-state index contributed by atoms with van der Waals surface area (Å²) in [6.45, 7) is 7.41. The quantitative estimate of drug-likeness (QED) is 0.908. The average Bonchev–Trinajstić information content (AvgIpc) is 2.44. The molecule has 2 atom stereocenters. The second kappa shape index (κ2) is 6.22. The first kappa shape index (κ1) is 15.4. The number of aryl methyl sites for hydroxylation is 2. The molecule has 4 nitrogen and oxygen atoms in total. The van der Waals surface area contributed by atoms with Gasteiger partial charge in [-0.25, -0.2) is 0 Å². The largest absolute Gasteiger partial charge is 0.391 e. The van der Waals surface area contributed by atoms with Crippen LogP contribution in [-0.4, -0.2) is 28.1 Å². The number of pyridine rings is 1. The van der Waals surface area contributed by atoms with Crippen LogP contribution in [0, 0.1) is 13.8 Å². The van der Waals surface area contributed by atoms with Gasteiger partial charge >= 0.3 is 0 Å². The van der Waals surface area contributed by atoms with Crippen molar-refractivity contribution in [3.05, 3.63) is 41.1 Å². The summed E-state index contributed by atoms with van der Waals surface area (Å²) in [4.78, 5) is 17.1. The van der Waals surface area contributed by atoms with Gasteiger partial charge in [0.05, 0.1) is 28.9 Å². The number of aliphatic hydroxyl groups excluding tert-OH is 1. The summed E-state index contributed by atoms with van der Waals surface area (Å²) < 4.78 is 0. The van der Waals surface area contributed by atoms with Gasteiger partial charge in [0.1, 0.15) is 0 Å². The van der Waals surface area contributed by atoms with Crippen molar-refractivity contribution in [3.8, 4) is 0 Å². The molecule has 0 spiro atoms. The summed E-state index contributed by atoms with van der Waals surface area (Å²) in [5, 5.41) is 13.6. The maximum Gasteiger partial charge on any atom is 0.253 e. The third-order valence-corrected chi connectivity index (χ3v) is 3.90. The van der Waals surface area contributed by atoms with Gasteiger partial charge in [-0.15, -0.1) is 0 Å². The van der Waals surface area contributed by atoms with E-state index in [0.717, 1.165) is 16.5 Å². The number of carbonyl (C=O) groups is 1. The second-order valence-electron chi connectivity index (χ2n) is 5.44. The van der Waals surface area contributed by atoms with Crippen molar-refractivity contribution >= 4 is 16.8 Å². The van der Waals surface area contributed by atoms with Crippen LogP contribution in [0.4, 0.5) is 0 Å². The Balaban J connectivity index is 2.44. The summed E-state index contributed by atoms with van der Waals surface area (Å²) in [6.07, 6.45) is 0.107. The summed E-state index contributed by atoms with van der Waals surface area (Å²) in [6, 6.07) is 7.55. The molecule has 0 radical (unpaired) electrons. The lowest BCUT2D eigenvalue weighted by molar-refractivity contribution is 0.0853. The zero-order chi connectivity index (χ0) is 15.6. The van der Waals surface area contributed by atoms with Gasteiger partial charge in [-0.3, -0.25) is 9.78 Å². The molecule has 112 valence electrons. The topological polar surface area (TPSA) is 62.2 Å². The van der Waals surface area contributed by atoms with Gasteiger partial charge in [0.15, 0.2) is 0 Å². The molecule has 2 rings (SSSR count). The van der Waals surface area contributed by atoms with Crippen molar-refractivity contribution in [2.75, 3.05) is 0 Å². The highest BCUT2D eigenvalue weighted by atomic mass is 16.3. The van der Waals surface area contributed by atoms with Gasteiger partial charge < -0.3 is 10.4 Å². The molecule has 0 aliphatic carbocycles. The maximum absolute atomic E-state index is 12.5. The first-order valence-corrected chi connectivity index (χ1v) is 7.30. The van der Waals surface area contributed by atoms with Crippen molar-refractivity contribution < 1.29 is 9.90 Å². The zero-order valence-electron chi connectivity index (χ0n) is 13.0. The number of aromatic nitrogens is 1. The molecule has 2 aromatic rings. The molecular formula is C17H22N2O2. The van der Waals surface area contributed by atoms with Crippen molar-refractivity contribution in [2.45, 2.75) is 46.3 Å². The lowest BCUT2D eigenvalue weighted by atomic mass is 10.0. The molecular weight excluding hydrogens is 264 g/mol. The van der Waals surface area contributed by atoms with Crippen LogP contribution in [0.1, 0.15) is 41.9 Å². The van der Waals surface area contributed by atoms with E-state index in [0.29, 0.717) is 17.7 Å². The predicted molar refractivity (Wildman–Crippen MR) is 84.4 cm³/mol.